The fraction of sp³-hybridized carbons (Fsp3) is 0. The van der Waals surface area contributed by atoms with Crippen LogP contribution in [0.4, 0.5) is 0 Å². The molecule has 1 aromatic heterocycles. The van der Waals surface area contributed by atoms with E-state index in [0.717, 1.165) is 11.1 Å². The molecule has 0 amide bonds. The molecule has 0 saturated carbocycles. The second kappa shape index (κ2) is 6.91. The molecule has 24 heavy (non-hydrogen) atoms. The van der Waals surface area contributed by atoms with Gasteiger partial charge in [-0.2, -0.15) is 0 Å². The van der Waals surface area contributed by atoms with Crippen LogP contribution in [0.3, 0.4) is 0 Å². The van der Waals surface area contributed by atoms with E-state index in [2.05, 4.69) is 10.2 Å². The Morgan fingerprint density at radius 1 is 0.625 bits per heavy atom. The van der Waals surface area contributed by atoms with Crippen molar-refractivity contribution in [2.45, 2.75) is 0 Å². The highest BCUT2D eigenvalue weighted by molar-refractivity contribution is 6.30. The quantitative estimate of drug-likeness (QED) is 0.735. The summed E-state index contributed by atoms with van der Waals surface area (Å²) in [6, 6.07) is 14.0. The number of hydrogen-bond acceptors (Lipinski definition) is 2. The zero-order chi connectivity index (χ0) is 17.1. The van der Waals surface area contributed by atoms with Crippen LogP contribution in [0, 0.1) is 0 Å². The van der Waals surface area contributed by atoms with E-state index < -0.39 is 0 Å². The SMILES string of the molecule is O=c1[nH][nH]c(=O)c(=C/c2ccc(Cl)cc2)/c1=C/c1ccc(Cl)cc1. The van der Waals surface area contributed by atoms with Crippen LogP contribution in [0.15, 0.2) is 58.1 Å². The minimum atomic E-state index is -0.384. The Labute approximate surface area is 146 Å². The zero-order valence-corrected chi connectivity index (χ0v) is 13.9. The Morgan fingerprint density at radius 3 is 1.29 bits per heavy atom. The van der Waals surface area contributed by atoms with Crippen molar-refractivity contribution in [1.82, 2.24) is 10.2 Å². The van der Waals surface area contributed by atoms with Crippen LogP contribution in [0.2, 0.25) is 10.0 Å². The van der Waals surface area contributed by atoms with Crippen LogP contribution < -0.4 is 21.6 Å². The highest BCUT2D eigenvalue weighted by Crippen LogP contribution is 2.10. The van der Waals surface area contributed by atoms with E-state index in [4.69, 9.17) is 23.2 Å². The molecule has 0 radical (unpaired) electrons. The van der Waals surface area contributed by atoms with Gasteiger partial charge in [-0.1, -0.05) is 47.5 Å². The van der Waals surface area contributed by atoms with Gasteiger partial charge in [0.15, 0.2) is 0 Å². The van der Waals surface area contributed by atoms with Crippen molar-refractivity contribution in [3.63, 3.8) is 0 Å². The van der Waals surface area contributed by atoms with Crippen molar-refractivity contribution < 1.29 is 0 Å². The molecule has 0 saturated heterocycles. The van der Waals surface area contributed by atoms with Crippen LogP contribution in [-0.2, 0) is 0 Å². The average Bonchev–Trinajstić information content (AvgIpc) is 2.58. The van der Waals surface area contributed by atoms with Gasteiger partial charge in [-0.3, -0.25) is 19.8 Å². The second-order valence-corrected chi connectivity index (χ2v) is 6.00. The summed E-state index contributed by atoms with van der Waals surface area (Å²) in [4.78, 5) is 24.4. The normalized spacial score (nSPS) is 12.6. The molecule has 1 heterocycles. The van der Waals surface area contributed by atoms with Gasteiger partial charge in [-0.25, -0.2) is 0 Å². The average molecular weight is 359 g/mol. The lowest BCUT2D eigenvalue weighted by atomic mass is 10.1. The lowest BCUT2D eigenvalue weighted by Crippen LogP contribution is -2.51. The number of benzene rings is 2. The van der Waals surface area contributed by atoms with Crippen LogP contribution >= 0.6 is 23.2 Å². The molecule has 4 nitrogen and oxygen atoms in total. The standard InChI is InChI=1S/C18H12Cl2N2O2/c19-13-5-1-11(2-6-13)9-15-16(18(24)22-21-17(15)23)10-12-3-7-14(20)8-4-12/h1-10H,(H,21,23)(H,22,24)/b15-9-,16-10+. The Kier molecular flexibility index (Phi) is 4.69. The monoisotopic (exact) mass is 358 g/mol. The first-order valence-corrected chi connectivity index (χ1v) is 7.84. The topological polar surface area (TPSA) is 65.7 Å². The van der Waals surface area contributed by atoms with Gasteiger partial charge >= 0.3 is 0 Å². The van der Waals surface area contributed by atoms with E-state index in [-0.39, 0.29) is 21.6 Å². The van der Waals surface area contributed by atoms with Gasteiger partial charge in [-0.15, -0.1) is 0 Å². The molecule has 0 spiro atoms. The van der Waals surface area contributed by atoms with Gasteiger partial charge in [-0.05, 0) is 47.5 Å². The maximum absolute atomic E-state index is 12.2. The molecule has 0 atom stereocenters. The van der Waals surface area contributed by atoms with Gasteiger partial charge in [0, 0.05) is 10.0 Å². The second-order valence-electron chi connectivity index (χ2n) is 5.13. The molecule has 0 bridgehead atoms. The summed E-state index contributed by atoms with van der Waals surface area (Å²) in [6.07, 6.45) is 3.29. The van der Waals surface area contributed by atoms with E-state index in [1.165, 1.54) is 0 Å². The predicted octanol–water partition coefficient (Wildman–Crippen LogP) is 2.03. The Hall–Kier alpha value is -2.56. The first-order chi connectivity index (χ1) is 11.5. The summed E-state index contributed by atoms with van der Waals surface area (Å²) in [5.41, 5.74) is 0.761. The number of halogens is 2. The van der Waals surface area contributed by atoms with Crippen molar-refractivity contribution in [3.05, 3.63) is 101 Å². The van der Waals surface area contributed by atoms with E-state index in [0.29, 0.717) is 10.0 Å². The lowest BCUT2D eigenvalue weighted by Gasteiger charge is -1.96. The fourth-order valence-corrected chi connectivity index (χ4v) is 2.48. The summed E-state index contributed by atoms with van der Waals surface area (Å²) in [5.74, 6) is 0. The number of rotatable bonds is 2. The smallest absolute Gasteiger partial charge is 0.267 e. The number of hydrogen-bond donors (Lipinski definition) is 2. The molecular formula is C18H12Cl2N2O2. The van der Waals surface area contributed by atoms with Crippen molar-refractivity contribution in [1.29, 1.82) is 0 Å². The third kappa shape index (κ3) is 3.67. The lowest BCUT2D eigenvalue weighted by molar-refractivity contribution is 0.924. The maximum Gasteiger partial charge on any atom is 0.270 e. The highest BCUT2D eigenvalue weighted by atomic mass is 35.5. The molecule has 3 aromatic rings. The summed E-state index contributed by atoms with van der Waals surface area (Å²) in [6.45, 7) is 0. The molecule has 0 aliphatic rings. The van der Waals surface area contributed by atoms with Gasteiger partial charge in [0.25, 0.3) is 11.1 Å². The Bertz CT molecular complexity index is 1010. The minimum Gasteiger partial charge on any atom is -0.267 e. The number of aromatic amines is 2. The molecule has 6 heteroatoms. The fourth-order valence-electron chi connectivity index (χ4n) is 2.23. The Morgan fingerprint density at radius 2 is 0.958 bits per heavy atom. The summed E-state index contributed by atoms with van der Waals surface area (Å²) < 4.78 is 0. The summed E-state index contributed by atoms with van der Waals surface area (Å²) in [5, 5.41) is 6.43. The van der Waals surface area contributed by atoms with Gasteiger partial charge in [0.05, 0.1) is 10.4 Å². The molecule has 120 valence electrons. The van der Waals surface area contributed by atoms with Crippen LogP contribution in [0.1, 0.15) is 11.1 Å². The molecule has 3 rings (SSSR count). The summed E-state index contributed by atoms with van der Waals surface area (Å²) in [7, 11) is 0. The van der Waals surface area contributed by atoms with Crippen molar-refractivity contribution in [2.75, 3.05) is 0 Å². The molecule has 0 aliphatic heterocycles. The third-order valence-electron chi connectivity index (χ3n) is 3.43. The summed E-state index contributed by atoms with van der Waals surface area (Å²) >= 11 is 11.7. The third-order valence-corrected chi connectivity index (χ3v) is 3.93. The van der Waals surface area contributed by atoms with Gasteiger partial charge in [0.1, 0.15) is 0 Å². The van der Waals surface area contributed by atoms with E-state index >= 15 is 0 Å². The Balaban J connectivity index is 2.29. The van der Waals surface area contributed by atoms with E-state index in [1.807, 2.05) is 0 Å². The first kappa shape index (κ1) is 16.3. The van der Waals surface area contributed by atoms with Crippen molar-refractivity contribution in [2.24, 2.45) is 0 Å². The number of nitrogens with one attached hydrogen (secondary N) is 2. The number of H-pyrrole nitrogens is 2. The predicted molar refractivity (Wildman–Crippen MR) is 97.0 cm³/mol. The van der Waals surface area contributed by atoms with Crippen LogP contribution in [-0.4, -0.2) is 10.2 Å². The number of aromatic nitrogens is 2. The van der Waals surface area contributed by atoms with Crippen molar-refractivity contribution in [3.8, 4) is 0 Å². The van der Waals surface area contributed by atoms with Crippen LogP contribution in [0.25, 0.3) is 12.2 Å². The highest BCUT2D eigenvalue weighted by Gasteiger charge is 2.00. The molecule has 0 unspecified atom stereocenters. The minimum absolute atomic E-state index is 0.274. The maximum atomic E-state index is 12.2. The molecule has 2 aromatic carbocycles. The van der Waals surface area contributed by atoms with E-state index in [9.17, 15) is 9.59 Å². The van der Waals surface area contributed by atoms with Gasteiger partial charge in [0.2, 0.25) is 0 Å². The largest absolute Gasteiger partial charge is 0.270 e. The van der Waals surface area contributed by atoms with Crippen molar-refractivity contribution >= 4 is 35.4 Å². The first-order valence-electron chi connectivity index (χ1n) is 7.08. The van der Waals surface area contributed by atoms with E-state index in [1.54, 1.807) is 60.7 Å². The van der Waals surface area contributed by atoms with Crippen LogP contribution in [0.5, 0.6) is 0 Å². The molecule has 0 fully saturated rings. The molecular weight excluding hydrogens is 347 g/mol. The van der Waals surface area contributed by atoms with Gasteiger partial charge < -0.3 is 0 Å². The zero-order valence-electron chi connectivity index (χ0n) is 12.3. The molecule has 2 N–H and O–H groups in total. The molecule has 0 aliphatic carbocycles.